The van der Waals surface area contributed by atoms with Crippen LogP contribution >= 0.6 is 0 Å². The molecule has 0 aliphatic carbocycles. The highest BCUT2D eigenvalue weighted by Crippen LogP contribution is 2.27. The summed E-state index contributed by atoms with van der Waals surface area (Å²) in [4.78, 5) is 27.0. The van der Waals surface area contributed by atoms with Crippen LogP contribution < -0.4 is 9.80 Å². The maximum Gasteiger partial charge on any atom is 0.303 e. The van der Waals surface area contributed by atoms with Crippen LogP contribution in [-0.2, 0) is 9.53 Å². The number of hydrogen-bond donors (Lipinski definition) is 1. The van der Waals surface area contributed by atoms with Crippen molar-refractivity contribution in [2.75, 3.05) is 24.7 Å². The normalized spacial score (nSPS) is 29.7. The zero-order chi connectivity index (χ0) is 14.3. The number of Topliss-reactive ketones (excluding diaryl/α,β-unsaturated/α-hetero) is 1. The fraction of sp³-hybridized carbons (Fsp3) is 0.467. The monoisotopic (exact) mass is 275 g/mol. The van der Waals surface area contributed by atoms with Crippen LogP contribution in [-0.4, -0.2) is 43.7 Å². The van der Waals surface area contributed by atoms with Gasteiger partial charge in [-0.05, 0) is 26.0 Å². The molecule has 0 radical (unpaired) electrons. The van der Waals surface area contributed by atoms with Crippen LogP contribution in [0.3, 0.4) is 0 Å². The summed E-state index contributed by atoms with van der Waals surface area (Å²) in [6, 6.07) is 7.21. The number of ether oxygens (including phenoxy) is 1. The number of hydrogen-bond acceptors (Lipinski definition) is 3. The Labute approximate surface area is 118 Å². The molecule has 1 aromatic rings. The van der Waals surface area contributed by atoms with E-state index in [0.29, 0.717) is 12.2 Å². The first-order valence-electron chi connectivity index (χ1n) is 7.00. The third-order valence-corrected chi connectivity index (χ3v) is 3.88. The van der Waals surface area contributed by atoms with Crippen molar-refractivity contribution in [3.63, 3.8) is 0 Å². The summed E-state index contributed by atoms with van der Waals surface area (Å²) in [6.07, 6.45) is 0.356. The summed E-state index contributed by atoms with van der Waals surface area (Å²) in [5.74, 6) is -0.806. The Bertz CT molecular complexity index is 548. The molecule has 2 heterocycles. The number of morpholine rings is 1. The summed E-state index contributed by atoms with van der Waals surface area (Å²) in [6.45, 7) is 6.32. The summed E-state index contributed by atoms with van der Waals surface area (Å²) in [7, 11) is 0. The van der Waals surface area contributed by atoms with Crippen LogP contribution in [0.2, 0.25) is 0 Å². The third-order valence-electron chi connectivity index (χ3n) is 3.88. The van der Waals surface area contributed by atoms with Crippen LogP contribution in [0.15, 0.2) is 24.3 Å². The molecule has 1 amide bonds. The first-order valence-corrected chi connectivity index (χ1v) is 7.00. The number of amides is 1. The molecule has 0 aromatic heterocycles. The molecule has 1 saturated heterocycles. The number of quaternary nitrogens is 1. The molecular formula is C15H19N2O3+. The van der Waals surface area contributed by atoms with Gasteiger partial charge in [0.1, 0.15) is 25.3 Å². The minimum atomic E-state index is -0.412. The average molecular weight is 275 g/mol. The quantitative estimate of drug-likeness (QED) is 0.765. The molecule has 2 aliphatic rings. The van der Waals surface area contributed by atoms with E-state index < -0.39 is 11.7 Å². The molecule has 0 bridgehead atoms. The van der Waals surface area contributed by atoms with Gasteiger partial charge in [-0.15, -0.1) is 0 Å². The zero-order valence-electron chi connectivity index (χ0n) is 11.8. The molecule has 106 valence electrons. The van der Waals surface area contributed by atoms with E-state index in [1.807, 2.05) is 26.0 Å². The van der Waals surface area contributed by atoms with Gasteiger partial charge in [-0.25, -0.2) is 0 Å². The van der Waals surface area contributed by atoms with Crippen molar-refractivity contribution in [3.8, 4) is 0 Å². The number of anilines is 1. The molecule has 5 nitrogen and oxygen atoms in total. The number of carbonyl (C=O) groups is 2. The number of ketones is 1. The molecule has 2 atom stereocenters. The van der Waals surface area contributed by atoms with Gasteiger partial charge < -0.3 is 9.64 Å². The summed E-state index contributed by atoms with van der Waals surface area (Å²) in [5, 5.41) is 0. The smallest absolute Gasteiger partial charge is 0.303 e. The van der Waals surface area contributed by atoms with E-state index in [0.717, 1.165) is 18.8 Å². The second-order valence-electron chi connectivity index (χ2n) is 5.65. The SMILES string of the molecule is C[C@@H]1C[NH+](CN2C(=O)C(=O)c3ccccc32)C[C@@H](C)O1. The second-order valence-corrected chi connectivity index (χ2v) is 5.65. The Hall–Kier alpha value is -1.72. The van der Waals surface area contributed by atoms with E-state index in [1.54, 1.807) is 17.0 Å². The van der Waals surface area contributed by atoms with E-state index in [-0.39, 0.29) is 12.2 Å². The lowest BCUT2D eigenvalue weighted by atomic mass is 10.1. The highest BCUT2D eigenvalue weighted by atomic mass is 16.5. The van der Waals surface area contributed by atoms with Crippen LogP contribution in [0.1, 0.15) is 24.2 Å². The van der Waals surface area contributed by atoms with E-state index in [2.05, 4.69) is 0 Å². The van der Waals surface area contributed by atoms with Crippen molar-refractivity contribution in [1.82, 2.24) is 0 Å². The predicted octanol–water partition coefficient (Wildman–Crippen LogP) is -0.134. The minimum absolute atomic E-state index is 0.178. The molecule has 1 N–H and O–H groups in total. The topological polar surface area (TPSA) is 51.0 Å². The first kappa shape index (κ1) is 13.3. The van der Waals surface area contributed by atoms with Crippen LogP contribution in [0.4, 0.5) is 5.69 Å². The number of fused-ring (bicyclic) bond motifs is 1. The average Bonchev–Trinajstić information content (AvgIpc) is 2.64. The van der Waals surface area contributed by atoms with Crippen LogP contribution in [0.25, 0.3) is 0 Å². The Kier molecular flexibility index (Phi) is 3.31. The number of nitrogens with one attached hydrogen (secondary N) is 1. The van der Waals surface area contributed by atoms with Crippen molar-refractivity contribution in [3.05, 3.63) is 29.8 Å². The maximum absolute atomic E-state index is 12.1. The van der Waals surface area contributed by atoms with E-state index in [9.17, 15) is 9.59 Å². The van der Waals surface area contributed by atoms with Crippen LogP contribution in [0.5, 0.6) is 0 Å². The minimum Gasteiger partial charge on any atom is -0.364 e. The number of para-hydroxylation sites is 1. The van der Waals surface area contributed by atoms with Gasteiger partial charge in [-0.2, -0.15) is 0 Å². The number of carbonyl (C=O) groups excluding carboxylic acids is 2. The largest absolute Gasteiger partial charge is 0.364 e. The van der Waals surface area contributed by atoms with Gasteiger partial charge in [-0.1, -0.05) is 12.1 Å². The molecule has 20 heavy (non-hydrogen) atoms. The molecule has 3 rings (SSSR count). The molecule has 0 unspecified atom stereocenters. The predicted molar refractivity (Wildman–Crippen MR) is 73.8 cm³/mol. The standard InChI is InChI=1S/C15H18N2O3/c1-10-7-16(8-11(2)20-10)9-17-13-6-4-3-5-12(13)14(18)15(17)19/h3-6,10-11H,7-9H2,1-2H3/p+1/t10-,11-/m1/s1. The Balaban J connectivity index is 1.81. The highest BCUT2D eigenvalue weighted by Gasteiger charge is 2.38. The second kappa shape index (κ2) is 5.00. The molecule has 1 fully saturated rings. The van der Waals surface area contributed by atoms with Gasteiger partial charge in [0.25, 0.3) is 5.78 Å². The van der Waals surface area contributed by atoms with Crippen LogP contribution in [0, 0.1) is 0 Å². The number of benzene rings is 1. The first-order chi connectivity index (χ1) is 9.56. The van der Waals surface area contributed by atoms with Gasteiger partial charge in [0.15, 0.2) is 6.67 Å². The van der Waals surface area contributed by atoms with Gasteiger partial charge >= 0.3 is 5.91 Å². The number of nitrogens with zero attached hydrogens (tertiary/aromatic N) is 1. The van der Waals surface area contributed by atoms with Gasteiger partial charge in [0, 0.05) is 0 Å². The van der Waals surface area contributed by atoms with E-state index in [1.165, 1.54) is 4.90 Å². The summed E-state index contributed by atoms with van der Waals surface area (Å²) in [5.41, 5.74) is 1.26. The summed E-state index contributed by atoms with van der Waals surface area (Å²) < 4.78 is 5.71. The fourth-order valence-electron chi connectivity index (χ4n) is 3.15. The molecule has 0 saturated carbocycles. The van der Waals surface area contributed by atoms with E-state index in [4.69, 9.17) is 4.74 Å². The Morgan fingerprint density at radius 1 is 1.20 bits per heavy atom. The van der Waals surface area contributed by atoms with Crippen molar-refractivity contribution in [1.29, 1.82) is 0 Å². The highest BCUT2D eigenvalue weighted by molar-refractivity contribution is 6.52. The molecule has 5 heteroatoms. The lowest BCUT2D eigenvalue weighted by Gasteiger charge is -2.34. The lowest BCUT2D eigenvalue weighted by Crippen LogP contribution is -3.17. The van der Waals surface area contributed by atoms with Crippen molar-refractivity contribution >= 4 is 17.4 Å². The molecule has 0 spiro atoms. The number of rotatable bonds is 2. The van der Waals surface area contributed by atoms with Crippen molar-refractivity contribution in [2.45, 2.75) is 26.1 Å². The fourth-order valence-corrected chi connectivity index (χ4v) is 3.15. The molecule has 2 aliphatic heterocycles. The van der Waals surface area contributed by atoms with Crippen molar-refractivity contribution in [2.24, 2.45) is 0 Å². The maximum atomic E-state index is 12.1. The van der Waals surface area contributed by atoms with Gasteiger partial charge in [0.2, 0.25) is 0 Å². The third kappa shape index (κ3) is 2.23. The Morgan fingerprint density at radius 2 is 1.85 bits per heavy atom. The molecule has 1 aromatic carbocycles. The Morgan fingerprint density at radius 3 is 2.55 bits per heavy atom. The van der Waals surface area contributed by atoms with Gasteiger partial charge in [-0.3, -0.25) is 14.5 Å². The zero-order valence-corrected chi connectivity index (χ0v) is 11.8. The van der Waals surface area contributed by atoms with Gasteiger partial charge in [0.05, 0.1) is 11.3 Å². The van der Waals surface area contributed by atoms with E-state index >= 15 is 0 Å². The van der Waals surface area contributed by atoms with Crippen molar-refractivity contribution < 1.29 is 19.2 Å². The summed E-state index contributed by atoms with van der Waals surface area (Å²) >= 11 is 0. The molecular weight excluding hydrogens is 256 g/mol. The lowest BCUT2D eigenvalue weighted by molar-refractivity contribution is -0.913.